The van der Waals surface area contributed by atoms with Gasteiger partial charge in [-0.25, -0.2) is 0 Å². The highest BCUT2D eigenvalue weighted by molar-refractivity contribution is 7.99. The first-order valence-corrected chi connectivity index (χ1v) is 5.33. The molecule has 0 aliphatic carbocycles. The quantitative estimate of drug-likeness (QED) is 0.541. The Morgan fingerprint density at radius 2 is 1.38 bits per heavy atom. The number of ether oxygens (including phenoxy) is 2. The van der Waals surface area contributed by atoms with Crippen LogP contribution in [0.3, 0.4) is 0 Å². The number of carbonyl (C=O) groups is 2. The van der Waals surface area contributed by atoms with Crippen LogP contribution in [0.2, 0.25) is 0 Å². The molecule has 1 fully saturated rings. The maximum atomic E-state index is 10.9. The van der Waals surface area contributed by atoms with Crippen molar-refractivity contribution in [2.45, 2.75) is 12.8 Å². The number of thioether (sulfide) groups is 1. The second kappa shape index (κ2) is 5.85. The van der Waals surface area contributed by atoms with Crippen LogP contribution >= 0.6 is 11.8 Å². The Bertz CT molecular complexity index is 173. The minimum Gasteiger partial charge on any atom is -0.462 e. The van der Waals surface area contributed by atoms with Crippen LogP contribution in [0, 0.1) is 0 Å². The average molecular weight is 204 g/mol. The zero-order valence-corrected chi connectivity index (χ0v) is 8.10. The molecule has 0 unspecified atom stereocenters. The summed E-state index contributed by atoms with van der Waals surface area (Å²) in [5.74, 6) is 0.994. The van der Waals surface area contributed by atoms with E-state index in [0.717, 1.165) is 0 Å². The van der Waals surface area contributed by atoms with E-state index in [0.29, 0.717) is 24.3 Å². The summed E-state index contributed by atoms with van der Waals surface area (Å²) in [6, 6.07) is 0. The van der Waals surface area contributed by atoms with Crippen LogP contribution < -0.4 is 0 Å². The third-order valence-electron chi connectivity index (χ3n) is 1.51. The molecule has 1 heterocycles. The van der Waals surface area contributed by atoms with Crippen molar-refractivity contribution in [2.24, 2.45) is 0 Å². The Kier molecular flexibility index (Phi) is 4.67. The monoisotopic (exact) mass is 204 g/mol. The van der Waals surface area contributed by atoms with E-state index in [1.807, 2.05) is 0 Å². The highest BCUT2D eigenvalue weighted by atomic mass is 32.2. The highest BCUT2D eigenvalue weighted by Crippen LogP contribution is 2.07. The second-order valence-corrected chi connectivity index (χ2v) is 3.78. The van der Waals surface area contributed by atoms with Gasteiger partial charge in [0, 0.05) is 11.5 Å². The summed E-state index contributed by atoms with van der Waals surface area (Å²) in [6.07, 6.45) is 0.831. The molecule has 0 aromatic rings. The molecular weight excluding hydrogens is 192 g/mol. The summed E-state index contributed by atoms with van der Waals surface area (Å²) in [5.41, 5.74) is 0. The molecule has 0 amide bonds. The third kappa shape index (κ3) is 4.77. The first-order chi connectivity index (χ1) is 6.29. The summed E-state index contributed by atoms with van der Waals surface area (Å²) in [6.45, 7) is 0.352. The van der Waals surface area contributed by atoms with Crippen molar-refractivity contribution >= 4 is 23.7 Å². The molecular formula is C8H12O4S. The van der Waals surface area contributed by atoms with E-state index < -0.39 is 0 Å². The molecule has 0 radical (unpaired) electrons. The molecule has 0 aromatic carbocycles. The number of esters is 2. The lowest BCUT2D eigenvalue weighted by molar-refractivity contribution is -0.151. The summed E-state index contributed by atoms with van der Waals surface area (Å²) in [7, 11) is 0. The van der Waals surface area contributed by atoms with Crippen LogP contribution in [-0.4, -0.2) is 36.7 Å². The smallest absolute Gasteiger partial charge is 0.306 e. The van der Waals surface area contributed by atoms with E-state index in [9.17, 15) is 9.59 Å². The van der Waals surface area contributed by atoms with Gasteiger partial charge in [-0.2, -0.15) is 11.8 Å². The Morgan fingerprint density at radius 1 is 0.923 bits per heavy atom. The number of rotatable bonds is 0. The lowest BCUT2D eigenvalue weighted by Gasteiger charge is -2.03. The lowest BCUT2D eigenvalue weighted by Crippen LogP contribution is -2.13. The van der Waals surface area contributed by atoms with Gasteiger partial charge in [0.05, 0.1) is 12.8 Å². The van der Waals surface area contributed by atoms with Gasteiger partial charge in [-0.15, -0.1) is 0 Å². The van der Waals surface area contributed by atoms with Crippen molar-refractivity contribution < 1.29 is 19.1 Å². The van der Waals surface area contributed by atoms with Gasteiger partial charge in [0.2, 0.25) is 0 Å². The molecule has 1 aliphatic rings. The van der Waals surface area contributed by atoms with Crippen molar-refractivity contribution in [3.8, 4) is 0 Å². The molecule has 5 heteroatoms. The summed E-state index contributed by atoms with van der Waals surface area (Å²) >= 11 is 1.57. The van der Waals surface area contributed by atoms with Crippen molar-refractivity contribution in [3.05, 3.63) is 0 Å². The Labute approximate surface area is 81.0 Å². The normalized spacial score (nSPS) is 21.2. The van der Waals surface area contributed by atoms with E-state index in [1.165, 1.54) is 0 Å². The molecule has 1 aliphatic heterocycles. The SMILES string of the molecule is O=C1CCSCCC(=O)OCCO1. The molecule has 1 saturated heterocycles. The summed E-state index contributed by atoms with van der Waals surface area (Å²) in [5, 5.41) is 0. The van der Waals surface area contributed by atoms with Crippen molar-refractivity contribution in [1.82, 2.24) is 0 Å². The van der Waals surface area contributed by atoms with Crippen LogP contribution in [0.4, 0.5) is 0 Å². The molecule has 0 spiro atoms. The van der Waals surface area contributed by atoms with Gasteiger partial charge in [-0.1, -0.05) is 0 Å². The molecule has 4 nitrogen and oxygen atoms in total. The fraction of sp³-hybridized carbons (Fsp3) is 0.750. The second-order valence-electron chi connectivity index (χ2n) is 2.55. The van der Waals surface area contributed by atoms with Crippen LogP contribution in [-0.2, 0) is 19.1 Å². The van der Waals surface area contributed by atoms with E-state index >= 15 is 0 Å². The van der Waals surface area contributed by atoms with Gasteiger partial charge >= 0.3 is 11.9 Å². The van der Waals surface area contributed by atoms with Gasteiger partial charge in [-0.05, 0) is 0 Å². The van der Waals surface area contributed by atoms with Crippen LogP contribution in [0.25, 0.3) is 0 Å². The lowest BCUT2D eigenvalue weighted by atomic mass is 10.5. The maximum Gasteiger partial charge on any atom is 0.306 e. The van der Waals surface area contributed by atoms with E-state index in [-0.39, 0.29) is 25.2 Å². The molecule has 74 valence electrons. The first-order valence-electron chi connectivity index (χ1n) is 4.18. The maximum absolute atomic E-state index is 10.9. The van der Waals surface area contributed by atoms with Gasteiger partial charge in [-0.3, -0.25) is 9.59 Å². The largest absolute Gasteiger partial charge is 0.462 e. The third-order valence-corrected chi connectivity index (χ3v) is 2.50. The zero-order chi connectivity index (χ0) is 9.52. The number of hydrogen-bond acceptors (Lipinski definition) is 5. The van der Waals surface area contributed by atoms with Crippen molar-refractivity contribution in [3.63, 3.8) is 0 Å². The molecule has 0 atom stereocenters. The minimum atomic E-state index is -0.217. The standard InChI is InChI=1S/C8H12O4S/c9-7-1-5-13-6-2-8(10)12-4-3-11-7/h1-6H2. The summed E-state index contributed by atoms with van der Waals surface area (Å²) in [4.78, 5) is 21.8. The number of carbonyl (C=O) groups excluding carboxylic acids is 2. The Hall–Kier alpha value is -0.710. The molecule has 0 bridgehead atoms. The van der Waals surface area contributed by atoms with Crippen LogP contribution in [0.1, 0.15) is 12.8 Å². The Balaban J connectivity index is 2.30. The Morgan fingerprint density at radius 3 is 1.85 bits per heavy atom. The van der Waals surface area contributed by atoms with Crippen LogP contribution in [0.5, 0.6) is 0 Å². The molecule has 13 heavy (non-hydrogen) atoms. The fourth-order valence-electron chi connectivity index (χ4n) is 0.868. The van der Waals surface area contributed by atoms with Crippen molar-refractivity contribution in [1.29, 1.82) is 0 Å². The van der Waals surface area contributed by atoms with Crippen molar-refractivity contribution in [2.75, 3.05) is 24.7 Å². The van der Waals surface area contributed by atoms with Crippen LogP contribution in [0.15, 0.2) is 0 Å². The van der Waals surface area contributed by atoms with E-state index in [1.54, 1.807) is 11.8 Å². The summed E-state index contributed by atoms with van der Waals surface area (Å²) < 4.78 is 9.59. The minimum absolute atomic E-state index is 0.176. The molecule has 0 N–H and O–H groups in total. The molecule has 0 aromatic heterocycles. The molecule has 1 rings (SSSR count). The van der Waals surface area contributed by atoms with Gasteiger partial charge in [0.1, 0.15) is 13.2 Å². The van der Waals surface area contributed by atoms with E-state index in [4.69, 9.17) is 9.47 Å². The average Bonchev–Trinajstić information content (AvgIpc) is 2.14. The topological polar surface area (TPSA) is 52.6 Å². The van der Waals surface area contributed by atoms with Gasteiger partial charge < -0.3 is 9.47 Å². The van der Waals surface area contributed by atoms with Gasteiger partial charge in [0.15, 0.2) is 0 Å². The molecule has 0 saturated carbocycles. The van der Waals surface area contributed by atoms with E-state index in [2.05, 4.69) is 0 Å². The number of hydrogen-bond donors (Lipinski definition) is 0. The fourth-order valence-corrected chi connectivity index (χ4v) is 1.69. The van der Waals surface area contributed by atoms with Gasteiger partial charge in [0.25, 0.3) is 0 Å². The first kappa shape index (κ1) is 10.4. The highest BCUT2D eigenvalue weighted by Gasteiger charge is 2.08. The predicted molar refractivity (Wildman–Crippen MR) is 48.5 cm³/mol. The number of cyclic esters (lactones) is 2. The zero-order valence-electron chi connectivity index (χ0n) is 7.28. The predicted octanol–water partition coefficient (Wildman–Crippen LogP) is 0.600.